The van der Waals surface area contributed by atoms with Gasteiger partial charge in [0.1, 0.15) is 18.3 Å². The van der Waals surface area contributed by atoms with Gasteiger partial charge in [-0.05, 0) is 54.2 Å². The van der Waals surface area contributed by atoms with Gasteiger partial charge in [0.15, 0.2) is 0 Å². The molecule has 2 aromatic carbocycles. The molecule has 1 N–H and O–H groups in total. The van der Waals surface area contributed by atoms with Crippen LogP contribution in [0.25, 0.3) is 0 Å². The van der Waals surface area contributed by atoms with Gasteiger partial charge >= 0.3 is 0 Å². The van der Waals surface area contributed by atoms with E-state index >= 15 is 0 Å². The lowest BCUT2D eigenvalue weighted by molar-refractivity contribution is -0.140. The molecule has 0 aromatic heterocycles. The normalized spacial score (nSPS) is 12.5. The number of carbonyl (C=O) groups excluding carboxylic acids is 2. The summed E-state index contributed by atoms with van der Waals surface area (Å²) in [7, 11) is -2.20. The van der Waals surface area contributed by atoms with E-state index in [0.29, 0.717) is 24.4 Å². The van der Waals surface area contributed by atoms with Crippen molar-refractivity contribution in [2.45, 2.75) is 59.0 Å². The summed E-state index contributed by atoms with van der Waals surface area (Å²) < 4.78 is 31.8. The monoisotopic (exact) mass is 517 g/mol. The van der Waals surface area contributed by atoms with Gasteiger partial charge in [-0.3, -0.25) is 13.9 Å². The molecule has 0 aliphatic heterocycles. The zero-order chi connectivity index (χ0) is 27.1. The van der Waals surface area contributed by atoms with Crippen molar-refractivity contribution in [3.63, 3.8) is 0 Å². The van der Waals surface area contributed by atoms with Gasteiger partial charge in [0, 0.05) is 13.1 Å². The van der Waals surface area contributed by atoms with E-state index in [1.54, 1.807) is 31.4 Å². The first kappa shape index (κ1) is 29.2. The smallest absolute Gasteiger partial charge is 0.244 e. The molecule has 0 spiro atoms. The van der Waals surface area contributed by atoms with E-state index in [2.05, 4.69) is 26.1 Å². The van der Waals surface area contributed by atoms with Crippen LogP contribution in [0.4, 0.5) is 5.69 Å². The van der Waals surface area contributed by atoms with Gasteiger partial charge in [-0.15, -0.1) is 0 Å². The fraction of sp³-hybridized carbons (Fsp3) is 0.481. The van der Waals surface area contributed by atoms with Crippen LogP contribution in [0.15, 0.2) is 48.5 Å². The van der Waals surface area contributed by atoms with Gasteiger partial charge in [-0.25, -0.2) is 8.42 Å². The van der Waals surface area contributed by atoms with Gasteiger partial charge in [-0.2, -0.15) is 0 Å². The number of hydrogen-bond donors (Lipinski definition) is 1. The third-order valence-corrected chi connectivity index (χ3v) is 7.09. The minimum Gasteiger partial charge on any atom is -0.497 e. The summed E-state index contributed by atoms with van der Waals surface area (Å²) in [6.45, 7) is 10.0. The molecule has 0 radical (unpaired) electrons. The molecule has 0 heterocycles. The number of rotatable bonds is 11. The van der Waals surface area contributed by atoms with Crippen LogP contribution < -0.4 is 14.4 Å². The van der Waals surface area contributed by atoms with Crippen LogP contribution in [0.2, 0.25) is 0 Å². The van der Waals surface area contributed by atoms with Gasteiger partial charge < -0.3 is 15.0 Å². The van der Waals surface area contributed by atoms with E-state index < -0.39 is 28.5 Å². The molecule has 0 aliphatic rings. The summed E-state index contributed by atoms with van der Waals surface area (Å²) in [4.78, 5) is 27.9. The quantitative estimate of drug-likeness (QED) is 0.490. The maximum atomic E-state index is 13.7. The highest BCUT2D eigenvalue weighted by atomic mass is 32.2. The van der Waals surface area contributed by atoms with Gasteiger partial charge in [-0.1, -0.05) is 52.0 Å². The van der Waals surface area contributed by atoms with Crippen LogP contribution in [-0.4, -0.2) is 57.6 Å². The summed E-state index contributed by atoms with van der Waals surface area (Å²) in [6.07, 6.45) is 1.46. The molecule has 198 valence electrons. The Kier molecular flexibility index (Phi) is 9.93. The SMILES string of the molecule is CCNC(=O)[C@H](CC)N(Cc1ccc(OC)cc1)C(=O)CN(c1ccc(C(C)(C)C)cc1)S(C)(=O)=O. The number of likely N-dealkylation sites (N-methyl/N-ethyl adjacent to an activating group) is 1. The number of nitrogens with zero attached hydrogens (tertiary/aromatic N) is 2. The predicted octanol–water partition coefficient (Wildman–Crippen LogP) is 3.70. The maximum absolute atomic E-state index is 13.7. The van der Waals surface area contributed by atoms with E-state index in [-0.39, 0.29) is 17.9 Å². The van der Waals surface area contributed by atoms with Gasteiger partial charge in [0.25, 0.3) is 0 Å². The number of amides is 2. The number of benzene rings is 2. The lowest BCUT2D eigenvalue weighted by Crippen LogP contribution is -2.52. The summed E-state index contributed by atoms with van der Waals surface area (Å²) >= 11 is 0. The molecule has 2 rings (SSSR count). The third kappa shape index (κ3) is 7.71. The first-order valence-electron chi connectivity index (χ1n) is 12.1. The van der Waals surface area contributed by atoms with E-state index in [0.717, 1.165) is 21.7 Å². The van der Waals surface area contributed by atoms with Crippen molar-refractivity contribution in [1.82, 2.24) is 10.2 Å². The highest BCUT2D eigenvalue weighted by Crippen LogP contribution is 2.26. The summed E-state index contributed by atoms with van der Waals surface area (Å²) in [5.41, 5.74) is 2.15. The van der Waals surface area contributed by atoms with Crippen molar-refractivity contribution in [2.75, 3.05) is 30.8 Å². The zero-order valence-corrected chi connectivity index (χ0v) is 23.2. The topological polar surface area (TPSA) is 96.0 Å². The summed E-state index contributed by atoms with van der Waals surface area (Å²) in [5.74, 6) is -0.0640. The number of hydrogen-bond acceptors (Lipinski definition) is 5. The second kappa shape index (κ2) is 12.3. The second-order valence-corrected chi connectivity index (χ2v) is 11.7. The minimum atomic E-state index is -3.77. The molecular weight excluding hydrogens is 478 g/mol. The van der Waals surface area contributed by atoms with Crippen LogP contribution in [-0.2, 0) is 31.6 Å². The fourth-order valence-electron chi connectivity index (χ4n) is 3.88. The molecule has 8 nitrogen and oxygen atoms in total. The third-order valence-electron chi connectivity index (χ3n) is 5.95. The largest absolute Gasteiger partial charge is 0.497 e. The number of ether oxygens (including phenoxy) is 1. The zero-order valence-electron chi connectivity index (χ0n) is 22.4. The van der Waals surface area contributed by atoms with Crippen molar-refractivity contribution in [3.05, 3.63) is 59.7 Å². The summed E-state index contributed by atoms with van der Waals surface area (Å²) in [6, 6.07) is 13.6. The lowest BCUT2D eigenvalue weighted by Gasteiger charge is -2.33. The summed E-state index contributed by atoms with van der Waals surface area (Å²) in [5, 5.41) is 2.79. The standard InChI is InChI=1S/C27H39N3O5S/c1-8-24(26(32)28-9-2)29(18-20-10-16-23(35-6)17-11-20)25(31)19-30(36(7,33)34)22-14-12-21(13-15-22)27(3,4)5/h10-17,24H,8-9,18-19H2,1-7H3,(H,28,32)/t24-/m0/s1. The lowest BCUT2D eigenvalue weighted by atomic mass is 9.87. The molecule has 0 fully saturated rings. The van der Waals surface area contributed by atoms with E-state index in [1.807, 2.05) is 38.1 Å². The van der Waals surface area contributed by atoms with Crippen LogP contribution in [0, 0.1) is 0 Å². The second-order valence-electron chi connectivity index (χ2n) is 9.75. The van der Waals surface area contributed by atoms with Crippen LogP contribution in [0.1, 0.15) is 52.2 Å². The van der Waals surface area contributed by atoms with Crippen molar-refractivity contribution >= 4 is 27.5 Å². The molecule has 2 aromatic rings. The van der Waals surface area contributed by atoms with Crippen molar-refractivity contribution in [3.8, 4) is 5.75 Å². The molecule has 1 atom stereocenters. The highest BCUT2D eigenvalue weighted by molar-refractivity contribution is 7.92. The molecule has 0 unspecified atom stereocenters. The van der Waals surface area contributed by atoms with E-state index in [9.17, 15) is 18.0 Å². The highest BCUT2D eigenvalue weighted by Gasteiger charge is 2.31. The Bertz CT molecular complexity index is 1120. The molecule has 2 amide bonds. The Morgan fingerprint density at radius 2 is 1.58 bits per heavy atom. The van der Waals surface area contributed by atoms with Crippen molar-refractivity contribution < 1.29 is 22.7 Å². The number of anilines is 1. The van der Waals surface area contributed by atoms with Crippen LogP contribution in [0.3, 0.4) is 0 Å². The van der Waals surface area contributed by atoms with Gasteiger partial charge in [0.2, 0.25) is 21.8 Å². The molecule has 0 aliphatic carbocycles. The Morgan fingerprint density at radius 3 is 2.03 bits per heavy atom. The number of sulfonamides is 1. The molecule has 0 saturated carbocycles. The van der Waals surface area contributed by atoms with Crippen LogP contribution >= 0.6 is 0 Å². The number of methoxy groups -OCH3 is 1. The Morgan fingerprint density at radius 1 is 1.00 bits per heavy atom. The Balaban J connectivity index is 2.43. The molecule has 36 heavy (non-hydrogen) atoms. The average molecular weight is 518 g/mol. The average Bonchev–Trinajstić information content (AvgIpc) is 2.81. The van der Waals surface area contributed by atoms with E-state index in [1.165, 1.54) is 4.90 Å². The maximum Gasteiger partial charge on any atom is 0.244 e. The minimum absolute atomic E-state index is 0.0968. The molecule has 0 bridgehead atoms. The van der Waals surface area contributed by atoms with Crippen molar-refractivity contribution in [2.24, 2.45) is 0 Å². The Hall–Kier alpha value is -3.07. The fourth-order valence-corrected chi connectivity index (χ4v) is 4.73. The number of nitrogens with one attached hydrogen (secondary N) is 1. The van der Waals surface area contributed by atoms with Crippen molar-refractivity contribution in [1.29, 1.82) is 0 Å². The predicted molar refractivity (Wildman–Crippen MR) is 144 cm³/mol. The van der Waals surface area contributed by atoms with E-state index in [4.69, 9.17) is 4.74 Å². The van der Waals surface area contributed by atoms with Gasteiger partial charge in [0.05, 0.1) is 19.1 Å². The molecule has 9 heteroatoms. The number of carbonyl (C=O) groups is 2. The first-order valence-corrected chi connectivity index (χ1v) is 13.9. The molecular formula is C27H39N3O5S. The molecule has 0 saturated heterocycles. The van der Waals surface area contributed by atoms with Crippen LogP contribution in [0.5, 0.6) is 5.75 Å². The first-order chi connectivity index (χ1) is 16.8. The Labute approximate surface area is 215 Å².